The summed E-state index contributed by atoms with van der Waals surface area (Å²) in [5.74, 6) is 0.217. The van der Waals surface area contributed by atoms with E-state index in [9.17, 15) is 10.0 Å². The molecule has 0 aromatic rings. The van der Waals surface area contributed by atoms with Crippen LogP contribution in [-0.4, -0.2) is 28.7 Å². The second-order valence-electron chi connectivity index (χ2n) is 4.94. The minimum absolute atomic E-state index is 0.124. The van der Waals surface area contributed by atoms with Gasteiger partial charge in [0.15, 0.2) is 5.76 Å². The lowest BCUT2D eigenvalue weighted by Crippen LogP contribution is -2.30. The molecule has 4 heteroatoms. The lowest BCUT2D eigenvalue weighted by Gasteiger charge is -2.28. The zero-order valence-electron chi connectivity index (χ0n) is 11.3. The van der Waals surface area contributed by atoms with Crippen LogP contribution in [0.2, 0.25) is 0 Å². The Balaban J connectivity index is 2.05. The van der Waals surface area contributed by atoms with Gasteiger partial charge in [-0.15, -0.1) is 0 Å². The van der Waals surface area contributed by atoms with E-state index in [2.05, 4.69) is 0 Å². The number of carbonyl (C=O) groups excluding carboxylic acids is 1. The fourth-order valence-corrected chi connectivity index (χ4v) is 2.48. The number of ketones is 1. The van der Waals surface area contributed by atoms with E-state index < -0.39 is 0 Å². The zero-order chi connectivity index (χ0) is 13.7. The molecule has 0 atom stereocenters. The molecule has 0 aliphatic heterocycles. The van der Waals surface area contributed by atoms with E-state index in [1.54, 1.807) is 18.4 Å². The summed E-state index contributed by atoms with van der Waals surface area (Å²) in [6.45, 7) is 2.31. The van der Waals surface area contributed by atoms with Gasteiger partial charge < -0.3 is 4.74 Å². The first kappa shape index (κ1) is 13.9. The maximum absolute atomic E-state index is 11.5. The number of hydrogen-bond acceptors (Lipinski definition) is 4. The van der Waals surface area contributed by atoms with E-state index in [1.807, 2.05) is 6.92 Å². The summed E-state index contributed by atoms with van der Waals surface area (Å²) >= 11 is 0. The molecule has 0 heterocycles. The summed E-state index contributed by atoms with van der Waals surface area (Å²) < 4.78 is 5.27. The maximum atomic E-state index is 11.5. The molecule has 4 nitrogen and oxygen atoms in total. The van der Waals surface area contributed by atoms with Gasteiger partial charge in [0.2, 0.25) is 5.78 Å². The Bertz CT molecular complexity index is 417. The first-order chi connectivity index (χ1) is 9.20. The molecule has 1 saturated carbocycles. The average molecular weight is 263 g/mol. The van der Waals surface area contributed by atoms with E-state index >= 15 is 0 Å². The van der Waals surface area contributed by atoms with Crippen LogP contribution in [0.25, 0.3) is 0 Å². The number of allylic oxidation sites excluding steroid dienone is 4. The molecular formula is C15H21NO3. The Labute approximate surface area is 114 Å². The lowest BCUT2D eigenvalue weighted by atomic mass is 9.95. The predicted octanol–water partition coefficient (Wildman–Crippen LogP) is 2.95. The molecule has 104 valence electrons. The standard InChI is InChI=1S/C15H21NO3/c1-2-19-15-10-12(8-9-14(15)17)11-16(18)13-6-4-3-5-7-13/h8-11,13,18H,2-7H2,1H3/b12-11+. The third-order valence-electron chi connectivity index (χ3n) is 3.50. The smallest absolute Gasteiger partial charge is 0.220 e. The van der Waals surface area contributed by atoms with Crippen molar-refractivity contribution < 1.29 is 14.7 Å². The van der Waals surface area contributed by atoms with Crippen molar-refractivity contribution in [2.75, 3.05) is 6.61 Å². The summed E-state index contributed by atoms with van der Waals surface area (Å²) in [6, 6.07) is 0.191. The molecule has 0 aromatic carbocycles. The van der Waals surface area contributed by atoms with Crippen LogP contribution in [0.3, 0.4) is 0 Å². The van der Waals surface area contributed by atoms with Crippen molar-refractivity contribution in [1.29, 1.82) is 0 Å². The number of hydroxylamine groups is 2. The van der Waals surface area contributed by atoms with Crippen molar-refractivity contribution in [3.63, 3.8) is 0 Å². The molecular weight excluding hydrogens is 242 g/mol. The Hall–Kier alpha value is -1.55. The average Bonchev–Trinajstić information content (AvgIpc) is 2.44. The molecule has 2 rings (SSSR count). The molecule has 1 N–H and O–H groups in total. The zero-order valence-corrected chi connectivity index (χ0v) is 11.3. The van der Waals surface area contributed by atoms with Gasteiger partial charge in [-0.05, 0) is 43.6 Å². The monoisotopic (exact) mass is 263 g/mol. The molecule has 0 spiro atoms. The first-order valence-electron chi connectivity index (χ1n) is 6.96. The molecule has 0 radical (unpaired) electrons. The van der Waals surface area contributed by atoms with Crippen LogP contribution in [0.4, 0.5) is 0 Å². The van der Waals surface area contributed by atoms with Gasteiger partial charge in [0.1, 0.15) is 0 Å². The van der Waals surface area contributed by atoms with Crippen LogP contribution in [-0.2, 0) is 9.53 Å². The van der Waals surface area contributed by atoms with Crippen LogP contribution in [0, 0.1) is 0 Å². The SMILES string of the molecule is CCOC1=C/C(=C/N(O)C2CCCCC2)C=CC1=O. The van der Waals surface area contributed by atoms with Crippen LogP contribution >= 0.6 is 0 Å². The third-order valence-corrected chi connectivity index (χ3v) is 3.50. The Kier molecular flexibility index (Phi) is 4.80. The third kappa shape index (κ3) is 3.70. The van der Waals surface area contributed by atoms with Crippen molar-refractivity contribution in [3.8, 4) is 0 Å². The van der Waals surface area contributed by atoms with E-state index in [0.717, 1.165) is 18.4 Å². The highest BCUT2D eigenvalue weighted by Crippen LogP contribution is 2.23. The topological polar surface area (TPSA) is 49.8 Å². The van der Waals surface area contributed by atoms with Crippen molar-refractivity contribution >= 4 is 5.78 Å². The Morgan fingerprint density at radius 1 is 1.37 bits per heavy atom. The number of ether oxygens (including phenoxy) is 1. The first-order valence-corrected chi connectivity index (χ1v) is 6.96. The second kappa shape index (κ2) is 6.57. The lowest BCUT2D eigenvalue weighted by molar-refractivity contribution is -0.114. The van der Waals surface area contributed by atoms with E-state index in [0.29, 0.717) is 12.4 Å². The van der Waals surface area contributed by atoms with Crippen LogP contribution in [0.1, 0.15) is 39.0 Å². The molecule has 0 unspecified atom stereocenters. The highest BCUT2D eigenvalue weighted by atomic mass is 16.5. The summed E-state index contributed by atoms with van der Waals surface area (Å²) in [6.07, 6.45) is 12.2. The summed E-state index contributed by atoms with van der Waals surface area (Å²) in [5, 5.41) is 11.4. The minimum Gasteiger partial charge on any atom is -0.490 e. The predicted molar refractivity (Wildman–Crippen MR) is 72.4 cm³/mol. The van der Waals surface area contributed by atoms with Gasteiger partial charge in [-0.1, -0.05) is 19.3 Å². The molecule has 19 heavy (non-hydrogen) atoms. The number of carbonyl (C=O) groups is 1. The fraction of sp³-hybridized carbons (Fsp3) is 0.533. The number of rotatable bonds is 4. The van der Waals surface area contributed by atoms with Gasteiger partial charge in [0.05, 0.1) is 12.6 Å². The summed E-state index contributed by atoms with van der Waals surface area (Å²) in [7, 11) is 0. The molecule has 1 fully saturated rings. The molecule has 0 saturated heterocycles. The highest BCUT2D eigenvalue weighted by molar-refractivity contribution is 6.04. The van der Waals surface area contributed by atoms with Crippen molar-refractivity contribution in [2.24, 2.45) is 0 Å². The minimum atomic E-state index is -0.124. The maximum Gasteiger partial charge on any atom is 0.220 e. The van der Waals surface area contributed by atoms with Gasteiger partial charge >= 0.3 is 0 Å². The van der Waals surface area contributed by atoms with E-state index in [-0.39, 0.29) is 11.8 Å². The van der Waals surface area contributed by atoms with Crippen LogP contribution in [0.15, 0.2) is 35.8 Å². The second-order valence-corrected chi connectivity index (χ2v) is 4.94. The van der Waals surface area contributed by atoms with Crippen molar-refractivity contribution in [2.45, 2.75) is 45.1 Å². The van der Waals surface area contributed by atoms with E-state index in [1.165, 1.54) is 30.4 Å². The molecule has 2 aliphatic carbocycles. The van der Waals surface area contributed by atoms with Gasteiger partial charge in [0.25, 0.3) is 0 Å². The van der Waals surface area contributed by atoms with Crippen LogP contribution in [0.5, 0.6) is 0 Å². The molecule has 0 amide bonds. The van der Waals surface area contributed by atoms with Gasteiger partial charge in [-0.25, -0.2) is 0 Å². The van der Waals surface area contributed by atoms with E-state index in [4.69, 9.17) is 4.74 Å². The van der Waals surface area contributed by atoms with Crippen LogP contribution < -0.4 is 0 Å². The highest BCUT2D eigenvalue weighted by Gasteiger charge is 2.19. The number of hydrogen-bond donors (Lipinski definition) is 1. The summed E-state index contributed by atoms with van der Waals surface area (Å²) in [4.78, 5) is 11.5. The van der Waals surface area contributed by atoms with Gasteiger partial charge in [0, 0.05) is 6.20 Å². The van der Waals surface area contributed by atoms with Gasteiger partial charge in [-0.3, -0.25) is 15.1 Å². The normalized spacial score (nSPS) is 22.5. The fourth-order valence-electron chi connectivity index (χ4n) is 2.48. The van der Waals surface area contributed by atoms with Gasteiger partial charge in [-0.2, -0.15) is 0 Å². The quantitative estimate of drug-likeness (QED) is 0.792. The Morgan fingerprint density at radius 3 is 2.79 bits per heavy atom. The van der Waals surface area contributed by atoms with Crippen molar-refractivity contribution in [3.05, 3.63) is 35.8 Å². The molecule has 0 aromatic heterocycles. The Morgan fingerprint density at radius 2 is 2.11 bits per heavy atom. The van der Waals surface area contributed by atoms with Crippen molar-refractivity contribution in [1.82, 2.24) is 5.06 Å². The molecule has 0 bridgehead atoms. The molecule has 2 aliphatic rings. The summed E-state index contributed by atoms with van der Waals surface area (Å²) in [5.41, 5.74) is 0.788. The number of nitrogens with zero attached hydrogens (tertiary/aromatic N) is 1. The largest absolute Gasteiger partial charge is 0.490 e.